The molecule has 1 aliphatic rings. The average molecular weight is 216 g/mol. The summed E-state index contributed by atoms with van der Waals surface area (Å²) in [5.74, 6) is 0.637. The van der Waals surface area contributed by atoms with Crippen LogP contribution < -0.4 is 5.32 Å². The van der Waals surface area contributed by atoms with E-state index in [0.29, 0.717) is 17.1 Å². The average Bonchev–Trinajstić information content (AvgIpc) is 3.04. The van der Waals surface area contributed by atoms with Crippen LogP contribution in [0.25, 0.3) is 11.0 Å². The Labute approximate surface area is 92.3 Å². The van der Waals surface area contributed by atoms with Gasteiger partial charge in [-0.1, -0.05) is 0 Å². The smallest absolute Gasteiger partial charge is 0.253 e. The molecule has 1 aliphatic carbocycles. The fraction of sp³-hybridized carbons (Fsp3) is 0.364. The molecular formula is C11H12N4O. The SMILES string of the molecule is O=C(NCC1CC1)c1c[nH]c2ncncc12. The number of rotatable bonds is 3. The van der Waals surface area contributed by atoms with Crippen LogP contribution in [0.1, 0.15) is 23.2 Å². The Hall–Kier alpha value is -1.91. The van der Waals surface area contributed by atoms with Crippen LogP contribution in [0.15, 0.2) is 18.7 Å². The second-order valence-corrected chi connectivity index (χ2v) is 4.14. The number of fused-ring (bicyclic) bond motifs is 1. The van der Waals surface area contributed by atoms with Crippen molar-refractivity contribution in [2.45, 2.75) is 12.8 Å². The number of hydrogen-bond acceptors (Lipinski definition) is 3. The first-order valence-electron chi connectivity index (χ1n) is 5.40. The third kappa shape index (κ3) is 1.64. The first-order valence-corrected chi connectivity index (χ1v) is 5.40. The highest BCUT2D eigenvalue weighted by molar-refractivity contribution is 6.05. The van der Waals surface area contributed by atoms with Crippen LogP contribution in [0.2, 0.25) is 0 Å². The molecule has 5 nitrogen and oxygen atoms in total. The van der Waals surface area contributed by atoms with Gasteiger partial charge in [-0.3, -0.25) is 4.79 Å². The standard InChI is InChI=1S/C11H12N4O/c16-11(14-3-7-1-2-7)9-5-13-10-8(9)4-12-6-15-10/h4-7H,1-3H2,(H,14,16)(H,12,13,15). The van der Waals surface area contributed by atoms with Gasteiger partial charge in [-0.15, -0.1) is 0 Å². The van der Waals surface area contributed by atoms with E-state index in [-0.39, 0.29) is 5.91 Å². The van der Waals surface area contributed by atoms with Gasteiger partial charge in [0.05, 0.1) is 5.56 Å². The number of hydrogen-bond donors (Lipinski definition) is 2. The van der Waals surface area contributed by atoms with Crippen LogP contribution in [0.5, 0.6) is 0 Å². The Balaban J connectivity index is 1.83. The predicted octanol–water partition coefficient (Wildman–Crippen LogP) is 1.10. The number of nitrogens with zero attached hydrogens (tertiary/aromatic N) is 2. The maximum absolute atomic E-state index is 11.9. The van der Waals surface area contributed by atoms with E-state index in [9.17, 15) is 4.79 Å². The van der Waals surface area contributed by atoms with E-state index in [1.54, 1.807) is 12.4 Å². The number of nitrogens with one attached hydrogen (secondary N) is 2. The molecule has 0 radical (unpaired) electrons. The molecule has 5 heteroatoms. The lowest BCUT2D eigenvalue weighted by Gasteiger charge is -2.01. The Morgan fingerprint density at radius 1 is 1.56 bits per heavy atom. The normalized spacial score (nSPS) is 15.2. The van der Waals surface area contributed by atoms with Crippen molar-refractivity contribution in [3.8, 4) is 0 Å². The maximum Gasteiger partial charge on any atom is 0.253 e. The van der Waals surface area contributed by atoms with E-state index in [2.05, 4.69) is 20.3 Å². The first-order chi connectivity index (χ1) is 7.84. The molecule has 0 aliphatic heterocycles. The zero-order valence-electron chi connectivity index (χ0n) is 8.73. The fourth-order valence-corrected chi connectivity index (χ4v) is 1.70. The zero-order chi connectivity index (χ0) is 11.0. The predicted molar refractivity (Wildman–Crippen MR) is 58.9 cm³/mol. The highest BCUT2D eigenvalue weighted by atomic mass is 16.1. The summed E-state index contributed by atoms with van der Waals surface area (Å²) in [5.41, 5.74) is 1.32. The molecule has 1 saturated carbocycles. The van der Waals surface area contributed by atoms with Gasteiger partial charge >= 0.3 is 0 Å². The van der Waals surface area contributed by atoms with Gasteiger partial charge in [-0.05, 0) is 18.8 Å². The molecule has 2 aromatic heterocycles. The second kappa shape index (κ2) is 3.59. The van der Waals surface area contributed by atoms with Crippen LogP contribution >= 0.6 is 0 Å². The molecule has 82 valence electrons. The van der Waals surface area contributed by atoms with E-state index in [1.165, 1.54) is 19.2 Å². The number of aromatic amines is 1. The number of H-pyrrole nitrogens is 1. The molecule has 16 heavy (non-hydrogen) atoms. The van der Waals surface area contributed by atoms with Crippen molar-refractivity contribution in [2.24, 2.45) is 5.92 Å². The molecule has 1 amide bonds. The summed E-state index contributed by atoms with van der Waals surface area (Å²) in [6.07, 6.45) is 7.27. The van der Waals surface area contributed by atoms with E-state index in [1.807, 2.05) is 0 Å². The Morgan fingerprint density at radius 2 is 2.44 bits per heavy atom. The van der Waals surface area contributed by atoms with Gasteiger partial charge in [-0.25, -0.2) is 9.97 Å². The summed E-state index contributed by atoms with van der Waals surface area (Å²) >= 11 is 0. The number of amides is 1. The maximum atomic E-state index is 11.9. The van der Waals surface area contributed by atoms with E-state index in [4.69, 9.17) is 0 Å². The molecule has 2 N–H and O–H groups in total. The molecule has 0 aromatic carbocycles. The van der Waals surface area contributed by atoms with Crippen LogP contribution in [0, 0.1) is 5.92 Å². The number of carbonyl (C=O) groups excluding carboxylic acids is 1. The lowest BCUT2D eigenvalue weighted by atomic mass is 10.2. The summed E-state index contributed by atoms with van der Waals surface area (Å²) in [5, 5.41) is 3.70. The van der Waals surface area contributed by atoms with Gasteiger partial charge in [0.2, 0.25) is 0 Å². The number of aromatic nitrogens is 3. The zero-order valence-corrected chi connectivity index (χ0v) is 8.73. The van der Waals surface area contributed by atoms with Crippen molar-refractivity contribution in [3.05, 3.63) is 24.3 Å². The van der Waals surface area contributed by atoms with Crippen molar-refractivity contribution >= 4 is 16.9 Å². The minimum Gasteiger partial charge on any atom is -0.352 e. The highest BCUT2D eigenvalue weighted by Crippen LogP contribution is 2.27. The molecule has 2 heterocycles. The van der Waals surface area contributed by atoms with Crippen molar-refractivity contribution in [1.82, 2.24) is 20.3 Å². The van der Waals surface area contributed by atoms with Gasteiger partial charge in [-0.2, -0.15) is 0 Å². The molecule has 0 spiro atoms. The van der Waals surface area contributed by atoms with E-state index >= 15 is 0 Å². The molecule has 1 fully saturated rings. The number of carbonyl (C=O) groups is 1. The van der Waals surface area contributed by atoms with Crippen LogP contribution in [0.3, 0.4) is 0 Å². The first kappa shape index (κ1) is 9.33. The lowest BCUT2D eigenvalue weighted by Crippen LogP contribution is -2.25. The van der Waals surface area contributed by atoms with Crippen molar-refractivity contribution in [1.29, 1.82) is 0 Å². The van der Waals surface area contributed by atoms with Crippen LogP contribution in [0.4, 0.5) is 0 Å². The molecule has 0 unspecified atom stereocenters. The largest absolute Gasteiger partial charge is 0.352 e. The third-order valence-corrected chi connectivity index (χ3v) is 2.85. The molecule has 0 atom stereocenters. The van der Waals surface area contributed by atoms with Crippen molar-refractivity contribution < 1.29 is 4.79 Å². The summed E-state index contributed by atoms with van der Waals surface area (Å²) in [4.78, 5) is 22.8. The summed E-state index contributed by atoms with van der Waals surface area (Å²) in [7, 11) is 0. The third-order valence-electron chi connectivity index (χ3n) is 2.85. The molecular weight excluding hydrogens is 204 g/mol. The van der Waals surface area contributed by atoms with E-state index < -0.39 is 0 Å². The van der Waals surface area contributed by atoms with Gasteiger partial charge in [0.1, 0.15) is 12.0 Å². The lowest BCUT2D eigenvalue weighted by molar-refractivity contribution is 0.0953. The summed E-state index contributed by atoms with van der Waals surface area (Å²) in [6.45, 7) is 0.777. The molecule has 2 aromatic rings. The monoisotopic (exact) mass is 216 g/mol. The Bertz CT molecular complexity index is 530. The topological polar surface area (TPSA) is 70.7 Å². The van der Waals surface area contributed by atoms with E-state index in [0.717, 1.165) is 11.9 Å². The second-order valence-electron chi connectivity index (χ2n) is 4.14. The van der Waals surface area contributed by atoms with Gasteiger partial charge < -0.3 is 10.3 Å². The quantitative estimate of drug-likeness (QED) is 0.807. The van der Waals surface area contributed by atoms with Crippen LogP contribution in [-0.2, 0) is 0 Å². The van der Waals surface area contributed by atoms with Crippen molar-refractivity contribution in [3.63, 3.8) is 0 Å². The highest BCUT2D eigenvalue weighted by Gasteiger charge is 2.22. The van der Waals surface area contributed by atoms with Crippen LogP contribution in [-0.4, -0.2) is 27.4 Å². The minimum atomic E-state index is -0.0482. The Kier molecular flexibility index (Phi) is 2.09. The van der Waals surface area contributed by atoms with Gasteiger partial charge in [0, 0.05) is 24.3 Å². The summed E-state index contributed by atoms with van der Waals surface area (Å²) in [6, 6.07) is 0. The minimum absolute atomic E-state index is 0.0482. The molecule has 0 saturated heterocycles. The molecule has 0 bridgehead atoms. The molecule has 3 rings (SSSR count). The van der Waals surface area contributed by atoms with Gasteiger partial charge in [0.15, 0.2) is 0 Å². The Morgan fingerprint density at radius 3 is 3.25 bits per heavy atom. The fourth-order valence-electron chi connectivity index (χ4n) is 1.70. The van der Waals surface area contributed by atoms with Crippen molar-refractivity contribution in [2.75, 3.05) is 6.54 Å². The van der Waals surface area contributed by atoms with Gasteiger partial charge in [0.25, 0.3) is 5.91 Å². The summed E-state index contributed by atoms with van der Waals surface area (Å²) < 4.78 is 0.